The first kappa shape index (κ1) is 11.1. The molecule has 1 aromatic carbocycles. The van der Waals surface area contributed by atoms with E-state index in [1.165, 1.54) is 6.07 Å². The van der Waals surface area contributed by atoms with Crippen molar-refractivity contribution in [3.8, 4) is 0 Å². The molecule has 0 atom stereocenters. The van der Waals surface area contributed by atoms with Gasteiger partial charge in [-0.05, 0) is 49.5 Å². The lowest BCUT2D eigenvalue weighted by atomic mass is 9.98. The Morgan fingerprint density at radius 2 is 1.93 bits per heavy atom. The molecule has 0 heterocycles. The highest BCUT2D eigenvalue weighted by Gasteiger charge is 2.06. The van der Waals surface area contributed by atoms with Gasteiger partial charge in [-0.1, -0.05) is 12.1 Å². The van der Waals surface area contributed by atoms with Crippen LogP contribution in [0.2, 0.25) is 0 Å². The highest BCUT2D eigenvalue weighted by atomic mass is 19.1. The third kappa shape index (κ3) is 2.79. The molecule has 14 heavy (non-hydrogen) atoms. The minimum Gasteiger partial charge on any atom is -0.330 e. The molecule has 0 aliphatic heterocycles. The molecule has 4 N–H and O–H groups in total. The minimum atomic E-state index is -0.161. The zero-order valence-electron chi connectivity index (χ0n) is 8.46. The van der Waals surface area contributed by atoms with Crippen LogP contribution in [-0.4, -0.2) is 13.1 Å². The summed E-state index contributed by atoms with van der Waals surface area (Å²) in [4.78, 5) is 0. The van der Waals surface area contributed by atoms with Crippen molar-refractivity contribution in [3.05, 3.63) is 35.1 Å². The van der Waals surface area contributed by atoms with E-state index >= 15 is 0 Å². The smallest absolute Gasteiger partial charge is 0.126 e. The van der Waals surface area contributed by atoms with Gasteiger partial charge >= 0.3 is 0 Å². The molecule has 0 aliphatic carbocycles. The van der Waals surface area contributed by atoms with Crippen molar-refractivity contribution in [3.63, 3.8) is 0 Å². The topological polar surface area (TPSA) is 52.0 Å². The van der Waals surface area contributed by atoms with E-state index in [1.54, 1.807) is 13.0 Å². The molecule has 0 saturated heterocycles. The monoisotopic (exact) mass is 196 g/mol. The molecule has 0 aromatic heterocycles. The van der Waals surface area contributed by atoms with Crippen LogP contribution in [0.4, 0.5) is 4.39 Å². The zero-order valence-corrected chi connectivity index (χ0v) is 8.46. The molecule has 1 rings (SSSR count). The number of hydrogen-bond acceptors (Lipinski definition) is 2. The summed E-state index contributed by atoms with van der Waals surface area (Å²) in [6.07, 6.45) is 0.828. The Balaban J connectivity index is 2.72. The van der Waals surface area contributed by atoms with E-state index < -0.39 is 0 Å². The number of benzene rings is 1. The Hall–Kier alpha value is -0.930. The fraction of sp³-hybridized carbons (Fsp3) is 0.455. The van der Waals surface area contributed by atoms with E-state index in [0.717, 1.165) is 12.0 Å². The largest absolute Gasteiger partial charge is 0.330 e. The van der Waals surface area contributed by atoms with Gasteiger partial charge in [0.15, 0.2) is 0 Å². The summed E-state index contributed by atoms with van der Waals surface area (Å²) in [5, 5.41) is 0. The van der Waals surface area contributed by atoms with Gasteiger partial charge in [0.25, 0.3) is 0 Å². The Morgan fingerprint density at radius 1 is 1.29 bits per heavy atom. The van der Waals surface area contributed by atoms with Crippen molar-refractivity contribution < 1.29 is 4.39 Å². The average molecular weight is 196 g/mol. The summed E-state index contributed by atoms with van der Waals surface area (Å²) < 4.78 is 13.0. The quantitative estimate of drug-likeness (QED) is 0.760. The van der Waals surface area contributed by atoms with Crippen molar-refractivity contribution in [2.75, 3.05) is 13.1 Å². The first-order valence-electron chi connectivity index (χ1n) is 4.82. The Kier molecular flexibility index (Phi) is 4.04. The summed E-state index contributed by atoms with van der Waals surface area (Å²) in [6.45, 7) is 2.92. The van der Waals surface area contributed by atoms with Gasteiger partial charge in [-0.2, -0.15) is 0 Å². The van der Waals surface area contributed by atoms with E-state index in [4.69, 9.17) is 11.5 Å². The van der Waals surface area contributed by atoms with E-state index in [1.807, 2.05) is 6.07 Å². The van der Waals surface area contributed by atoms with Gasteiger partial charge in [-0.3, -0.25) is 0 Å². The summed E-state index contributed by atoms with van der Waals surface area (Å²) in [6, 6.07) is 5.14. The normalized spacial score (nSPS) is 10.9. The summed E-state index contributed by atoms with van der Waals surface area (Å²) >= 11 is 0. The lowest BCUT2D eigenvalue weighted by Crippen LogP contribution is -2.25. The molecular weight excluding hydrogens is 179 g/mol. The number of nitrogens with two attached hydrogens (primary N) is 2. The van der Waals surface area contributed by atoms with Crippen molar-refractivity contribution in [1.82, 2.24) is 0 Å². The van der Waals surface area contributed by atoms with Gasteiger partial charge in [-0.25, -0.2) is 4.39 Å². The minimum absolute atomic E-state index is 0.161. The summed E-state index contributed by atoms with van der Waals surface area (Å²) in [7, 11) is 0. The molecule has 0 bridgehead atoms. The lowest BCUT2D eigenvalue weighted by Gasteiger charge is -2.12. The van der Waals surface area contributed by atoms with Gasteiger partial charge in [0.2, 0.25) is 0 Å². The standard InChI is InChI=1S/C11H17FN2/c1-8-4-9(2-3-11(8)12)5-10(6-13)7-14/h2-4,10H,5-7,13-14H2,1H3. The Labute approximate surface area is 84.1 Å². The third-order valence-electron chi connectivity index (χ3n) is 2.41. The highest BCUT2D eigenvalue weighted by Crippen LogP contribution is 2.12. The van der Waals surface area contributed by atoms with Crippen LogP contribution in [-0.2, 0) is 6.42 Å². The van der Waals surface area contributed by atoms with Gasteiger partial charge < -0.3 is 11.5 Å². The molecular formula is C11H17FN2. The molecule has 1 aromatic rings. The number of aryl methyl sites for hydroxylation is 1. The van der Waals surface area contributed by atoms with Crippen LogP contribution in [0, 0.1) is 18.7 Å². The molecule has 0 unspecified atom stereocenters. The maximum atomic E-state index is 13.0. The second-order valence-electron chi connectivity index (χ2n) is 3.63. The first-order chi connectivity index (χ1) is 6.67. The summed E-state index contributed by atoms with van der Waals surface area (Å²) in [5.41, 5.74) is 12.9. The van der Waals surface area contributed by atoms with Crippen LogP contribution < -0.4 is 11.5 Å². The molecule has 3 heteroatoms. The average Bonchev–Trinajstić information content (AvgIpc) is 2.19. The molecule has 78 valence electrons. The van der Waals surface area contributed by atoms with Gasteiger partial charge in [0.1, 0.15) is 5.82 Å². The van der Waals surface area contributed by atoms with Gasteiger partial charge in [0.05, 0.1) is 0 Å². The molecule has 0 saturated carbocycles. The molecule has 0 fully saturated rings. The predicted octanol–water partition coefficient (Wildman–Crippen LogP) is 1.21. The van der Waals surface area contributed by atoms with Gasteiger partial charge in [0, 0.05) is 0 Å². The molecule has 0 amide bonds. The zero-order chi connectivity index (χ0) is 10.6. The Bertz CT molecular complexity index is 295. The van der Waals surface area contributed by atoms with Crippen molar-refractivity contribution in [1.29, 1.82) is 0 Å². The van der Waals surface area contributed by atoms with E-state index in [9.17, 15) is 4.39 Å². The van der Waals surface area contributed by atoms with Crippen LogP contribution in [0.25, 0.3) is 0 Å². The predicted molar refractivity (Wildman–Crippen MR) is 56.4 cm³/mol. The van der Waals surface area contributed by atoms with E-state index in [0.29, 0.717) is 24.6 Å². The fourth-order valence-electron chi connectivity index (χ4n) is 1.43. The first-order valence-corrected chi connectivity index (χ1v) is 4.82. The van der Waals surface area contributed by atoms with E-state index in [-0.39, 0.29) is 5.82 Å². The highest BCUT2D eigenvalue weighted by molar-refractivity contribution is 5.24. The maximum absolute atomic E-state index is 13.0. The van der Waals surface area contributed by atoms with Crippen LogP contribution in [0.1, 0.15) is 11.1 Å². The molecule has 0 radical (unpaired) electrons. The number of hydrogen-bond donors (Lipinski definition) is 2. The number of rotatable bonds is 4. The van der Waals surface area contributed by atoms with Crippen LogP contribution in [0.15, 0.2) is 18.2 Å². The third-order valence-corrected chi connectivity index (χ3v) is 2.41. The lowest BCUT2D eigenvalue weighted by molar-refractivity contribution is 0.546. The van der Waals surface area contributed by atoms with Crippen LogP contribution in [0.5, 0.6) is 0 Å². The molecule has 0 spiro atoms. The van der Waals surface area contributed by atoms with Gasteiger partial charge in [-0.15, -0.1) is 0 Å². The van der Waals surface area contributed by atoms with Crippen LogP contribution in [0.3, 0.4) is 0 Å². The second-order valence-corrected chi connectivity index (χ2v) is 3.63. The SMILES string of the molecule is Cc1cc(CC(CN)CN)ccc1F. The summed E-state index contributed by atoms with van der Waals surface area (Å²) in [5.74, 6) is 0.130. The fourth-order valence-corrected chi connectivity index (χ4v) is 1.43. The van der Waals surface area contributed by atoms with Crippen molar-refractivity contribution >= 4 is 0 Å². The molecule has 2 nitrogen and oxygen atoms in total. The Morgan fingerprint density at radius 3 is 2.43 bits per heavy atom. The van der Waals surface area contributed by atoms with Crippen LogP contribution >= 0.6 is 0 Å². The number of halogens is 1. The van der Waals surface area contributed by atoms with Crippen molar-refractivity contribution in [2.45, 2.75) is 13.3 Å². The van der Waals surface area contributed by atoms with E-state index in [2.05, 4.69) is 0 Å². The van der Waals surface area contributed by atoms with Crippen molar-refractivity contribution in [2.24, 2.45) is 17.4 Å². The second kappa shape index (κ2) is 5.08. The molecule has 0 aliphatic rings. The maximum Gasteiger partial charge on any atom is 0.126 e.